The van der Waals surface area contributed by atoms with E-state index >= 15 is 0 Å². The molecule has 13 heavy (non-hydrogen) atoms. The molecule has 0 saturated carbocycles. The van der Waals surface area contributed by atoms with Gasteiger partial charge in [0.2, 0.25) is 0 Å². The number of aliphatic hydroxyl groups is 1. The quantitative estimate of drug-likeness (QED) is 0.589. The average molecular weight is 170 g/mol. The molecule has 0 saturated heterocycles. The van der Waals surface area contributed by atoms with Crippen molar-refractivity contribution >= 4 is 0 Å². The second kappa shape index (κ2) is 2.12. The normalized spacial score (nSPS) is 33.8. The van der Waals surface area contributed by atoms with Crippen molar-refractivity contribution in [2.45, 2.75) is 12.0 Å². The van der Waals surface area contributed by atoms with Crippen molar-refractivity contribution in [2.75, 3.05) is 0 Å². The van der Waals surface area contributed by atoms with Gasteiger partial charge in [-0.2, -0.15) is 0 Å². The first-order chi connectivity index (χ1) is 6.31. The van der Waals surface area contributed by atoms with E-state index in [-0.39, 0.29) is 0 Å². The van der Waals surface area contributed by atoms with Crippen LogP contribution in [0.2, 0.25) is 0 Å². The molecule has 0 heterocycles. The Morgan fingerprint density at radius 2 is 2.08 bits per heavy atom. The zero-order chi connectivity index (χ0) is 8.89. The Balaban J connectivity index is 2.30. The van der Waals surface area contributed by atoms with Gasteiger partial charge in [0.25, 0.3) is 0 Å². The van der Waals surface area contributed by atoms with Crippen LogP contribution in [0, 0.1) is 0 Å². The molecule has 3 rings (SSSR count). The van der Waals surface area contributed by atoms with Crippen LogP contribution >= 0.6 is 0 Å². The fourth-order valence-electron chi connectivity index (χ4n) is 2.25. The molecule has 0 fully saturated rings. The number of fused-ring (bicyclic) bond motifs is 4. The summed E-state index contributed by atoms with van der Waals surface area (Å²) in [5.41, 5.74) is 2.60. The molecule has 0 aromatic heterocycles. The van der Waals surface area contributed by atoms with Crippen molar-refractivity contribution in [1.29, 1.82) is 0 Å². The highest BCUT2D eigenvalue weighted by Crippen LogP contribution is 2.45. The minimum atomic E-state index is -0.798. The fraction of sp³-hybridized carbons (Fsp3) is 0.167. The van der Waals surface area contributed by atoms with Gasteiger partial charge in [-0.3, -0.25) is 0 Å². The Morgan fingerprint density at radius 1 is 1.15 bits per heavy atom. The lowest BCUT2D eigenvalue weighted by atomic mass is 9.88. The molecule has 0 amide bonds. The third-order valence-electron chi connectivity index (χ3n) is 2.93. The molecular formula is C12H10O. The molecule has 1 nitrogen and oxygen atoms in total. The molecule has 1 unspecified atom stereocenters. The maximum Gasteiger partial charge on any atom is 0.130 e. The molecule has 0 aromatic carbocycles. The Labute approximate surface area is 77.1 Å². The number of allylic oxidation sites excluding steroid dienone is 6. The Kier molecular flexibility index (Phi) is 1.16. The van der Waals surface area contributed by atoms with E-state index < -0.39 is 5.60 Å². The molecule has 1 heteroatoms. The summed E-state index contributed by atoms with van der Waals surface area (Å²) < 4.78 is 0. The van der Waals surface area contributed by atoms with Gasteiger partial charge < -0.3 is 5.11 Å². The molecule has 1 atom stereocenters. The van der Waals surface area contributed by atoms with Crippen molar-refractivity contribution in [3.8, 4) is 0 Å². The third-order valence-corrected chi connectivity index (χ3v) is 2.93. The van der Waals surface area contributed by atoms with Crippen molar-refractivity contribution in [3.63, 3.8) is 0 Å². The smallest absolute Gasteiger partial charge is 0.130 e. The lowest BCUT2D eigenvalue weighted by Gasteiger charge is -2.24. The molecule has 2 bridgehead atoms. The second-order valence-electron chi connectivity index (χ2n) is 3.65. The van der Waals surface area contributed by atoms with Crippen molar-refractivity contribution in [2.24, 2.45) is 0 Å². The van der Waals surface area contributed by atoms with Crippen LogP contribution in [-0.2, 0) is 0 Å². The van der Waals surface area contributed by atoms with Gasteiger partial charge in [-0.05, 0) is 29.2 Å². The van der Waals surface area contributed by atoms with Crippen LogP contribution in [0.3, 0.4) is 0 Å². The van der Waals surface area contributed by atoms with Gasteiger partial charge in [0.05, 0.1) is 0 Å². The summed E-state index contributed by atoms with van der Waals surface area (Å²) in [6.07, 6.45) is 14.8. The number of hydrogen-bond donors (Lipinski definition) is 1. The summed E-state index contributed by atoms with van der Waals surface area (Å²) in [5, 5.41) is 10.4. The number of hydrogen-bond acceptors (Lipinski definition) is 1. The van der Waals surface area contributed by atoms with Gasteiger partial charge in [0, 0.05) is 0 Å². The van der Waals surface area contributed by atoms with Crippen LogP contribution in [0.25, 0.3) is 0 Å². The standard InChI is InChI=1S/C12H10O/c13-12-7-2-1-6-11(12)9-4-3-5-10(12)8-9/h1-7,13H,8H2. The minimum absolute atomic E-state index is 0.798. The Morgan fingerprint density at radius 3 is 3.00 bits per heavy atom. The molecule has 0 spiro atoms. The van der Waals surface area contributed by atoms with E-state index in [2.05, 4.69) is 6.08 Å². The molecular weight excluding hydrogens is 160 g/mol. The monoisotopic (exact) mass is 170 g/mol. The van der Waals surface area contributed by atoms with Crippen LogP contribution in [-0.4, -0.2) is 10.7 Å². The van der Waals surface area contributed by atoms with Crippen molar-refractivity contribution < 1.29 is 5.11 Å². The SMILES string of the molecule is OC12C=CC=CC1=C1C=CC=C2C1. The first-order valence-electron chi connectivity index (χ1n) is 4.50. The largest absolute Gasteiger partial charge is 0.377 e. The van der Waals surface area contributed by atoms with Crippen molar-refractivity contribution in [3.05, 3.63) is 59.3 Å². The molecule has 0 radical (unpaired) electrons. The molecule has 3 aliphatic rings. The fourth-order valence-corrected chi connectivity index (χ4v) is 2.25. The predicted octanol–water partition coefficient (Wildman–Crippen LogP) is 2.04. The summed E-state index contributed by atoms with van der Waals surface area (Å²) in [7, 11) is 0. The minimum Gasteiger partial charge on any atom is -0.377 e. The highest BCUT2D eigenvalue weighted by Gasteiger charge is 2.40. The molecule has 0 aromatic rings. The van der Waals surface area contributed by atoms with Crippen LogP contribution in [0.4, 0.5) is 0 Å². The highest BCUT2D eigenvalue weighted by molar-refractivity contribution is 5.62. The van der Waals surface area contributed by atoms with Crippen LogP contribution in [0.5, 0.6) is 0 Å². The van der Waals surface area contributed by atoms with Crippen LogP contribution in [0.15, 0.2) is 59.3 Å². The second-order valence-corrected chi connectivity index (χ2v) is 3.65. The topological polar surface area (TPSA) is 20.2 Å². The van der Waals surface area contributed by atoms with Crippen LogP contribution < -0.4 is 0 Å². The lowest BCUT2D eigenvalue weighted by Crippen LogP contribution is -2.27. The van der Waals surface area contributed by atoms with Crippen LogP contribution in [0.1, 0.15) is 6.42 Å². The van der Waals surface area contributed by atoms with Gasteiger partial charge in [-0.1, -0.05) is 36.5 Å². The van der Waals surface area contributed by atoms with Crippen molar-refractivity contribution in [1.82, 2.24) is 0 Å². The molecule has 3 aliphatic carbocycles. The predicted molar refractivity (Wildman–Crippen MR) is 52.1 cm³/mol. The lowest BCUT2D eigenvalue weighted by molar-refractivity contribution is 0.175. The zero-order valence-electron chi connectivity index (χ0n) is 7.20. The molecule has 1 N–H and O–H groups in total. The van der Waals surface area contributed by atoms with E-state index in [0.717, 1.165) is 17.6 Å². The van der Waals surface area contributed by atoms with E-state index in [1.165, 1.54) is 5.57 Å². The third kappa shape index (κ3) is 0.749. The van der Waals surface area contributed by atoms with E-state index in [4.69, 9.17) is 0 Å². The van der Waals surface area contributed by atoms with Gasteiger partial charge in [0.1, 0.15) is 5.60 Å². The summed E-state index contributed by atoms with van der Waals surface area (Å²) in [5.74, 6) is 0. The highest BCUT2D eigenvalue weighted by atomic mass is 16.3. The van der Waals surface area contributed by atoms with E-state index in [1.807, 2.05) is 36.5 Å². The summed E-state index contributed by atoms with van der Waals surface area (Å²) in [6, 6.07) is 0. The molecule has 64 valence electrons. The molecule has 0 aliphatic heterocycles. The van der Waals surface area contributed by atoms with Gasteiger partial charge in [-0.15, -0.1) is 0 Å². The Bertz CT molecular complexity index is 418. The summed E-state index contributed by atoms with van der Waals surface area (Å²) in [6.45, 7) is 0. The Hall–Kier alpha value is -1.34. The van der Waals surface area contributed by atoms with Gasteiger partial charge in [0.15, 0.2) is 0 Å². The number of rotatable bonds is 0. The maximum atomic E-state index is 10.4. The summed E-state index contributed by atoms with van der Waals surface area (Å²) >= 11 is 0. The average Bonchev–Trinajstić information content (AvgIpc) is 2.36. The van der Waals surface area contributed by atoms with E-state index in [9.17, 15) is 5.11 Å². The van der Waals surface area contributed by atoms with Gasteiger partial charge >= 0.3 is 0 Å². The van der Waals surface area contributed by atoms with E-state index in [0.29, 0.717) is 0 Å². The van der Waals surface area contributed by atoms with Gasteiger partial charge in [-0.25, -0.2) is 0 Å². The first-order valence-corrected chi connectivity index (χ1v) is 4.50. The summed E-state index contributed by atoms with van der Waals surface area (Å²) in [4.78, 5) is 0. The first kappa shape index (κ1) is 7.10. The zero-order valence-corrected chi connectivity index (χ0v) is 7.20. The van der Waals surface area contributed by atoms with E-state index in [1.54, 1.807) is 0 Å². The maximum absolute atomic E-state index is 10.4.